The summed E-state index contributed by atoms with van der Waals surface area (Å²) in [6.07, 6.45) is 5.59. The summed E-state index contributed by atoms with van der Waals surface area (Å²) in [5.41, 5.74) is 2.97. The van der Waals surface area contributed by atoms with Crippen molar-refractivity contribution in [3.8, 4) is 5.69 Å². The van der Waals surface area contributed by atoms with E-state index in [2.05, 4.69) is 39.8 Å². The van der Waals surface area contributed by atoms with Crippen LogP contribution < -0.4 is 5.56 Å². The third-order valence-corrected chi connectivity index (χ3v) is 7.69. The molecule has 2 aromatic heterocycles. The van der Waals surface area contributed by atoms with Crippen LogP contribution in [0.5, 0.6) is 0 Å². The third kappa shape index (κ3) is 4.36. The molecule has 0 amide bonds. The maximum absolute atomic E-state index is 13.8. The molecule has 0 spiro atoms. The van der Waals surface area contributed by atoms with Gasteiger partial charge in [-0.2, -0.15) is 0 Å². The number of thiophene rings is 1. The molecule has 0 fully saturated rings. The van der Waals surface area contributed by atoms with Crippen LogP contribution in [0.15, 0.2) is 34.2 Å². The highest BCUT2D eigenvalue weighted by atomic mass is 32.2. The lowest BCUT2D eigenvalue weighted by Gasteiger charge is -2.29. The fourth-order valence-electron chi connectivity index (χ4n) is 3.96. The van der Waals surface area contributed by atoms with Gasteiger partial charge < -0.3 is 4.74 Å². The minimum absolute atomic E-state index is 0.0526. The topological polar surface area (TPSA) is 44.1 Å². The zero-order chi connectivity index (χ0) is 21.3. The van der Waals surface area contributed by atoms with Crippen molar-refractivity contribution in [2.24, 2.45) is 0 Å². The Morgan fingerprint density at radius 2 is 2.10 bits per heavy atom. The Morgan fingerprint density at radius 3 is 2.87 bits per heavy atom. The Hall–Kier alpha value is -1.63. The molecule has 0 atom stereocenters. The van der Waals surface area contributed by atoms with Crippen LogP contribution in [0.25, 0.3) is 15.9 Å². The molecule has 1 aliphatic heterocycles. The highest BCUT2D eigenvalue weighted by molar-refractivity contribution is 7.99. The maximum atomic E-state index is 13.8. The molecule has 6 heteroatoms. The number of nitrogens with zero attached hydrogens (tertiary/aromatic N) is 2. The van der Waals surface area contributed by atoms with Gasteiger partial charge >= 0.3 is 0 Å². The van der Waals surface area contributed by atoms with E-state index in [4.69, 9.17) is 9.72 Å². The molecule has 3 heterocycles. The van der Waals surface area contributed by atoms with Crippen LogP contribution in [-0.4, -0.2) is 20.9 Å². The highest BCUT2D eigenvalue weighted by Gasteiger charge is 2.31. The number of aryl methyl sites for hydroxylation is 1. The molecule has 0 N–H and O–H groups in total. The van der Waals surface area contributed by atoms with Gasteiger partial charge in [-0.05, 0) is 50.5 Å². The van der Waals surface area contributed by atoms with Crippen molar-refractivity contribution in [3.63, 3.8) is 0 Å². The summed E-state index contributed by atoms with van der Waals surface area (Å²) in [7, 11) is 0. The van der Waals surface area contributed by atoms with E-state index < -0.39 is 0 Å². The molecule has 0 radical (unpaired) electrons. The molecule has 1 aromatic carbocycles. The molecule has 0 saturated heterocycles. The van der Waals surface area contributed by atoms with Gasteiger partial charge in [0.05, 0.1) is 23.3 Å². The zero-order valence-electron chi connectivity index (χ0n) is 18.3. The van der Waals surface area contributed by atoms with Crippen molar-refractivity contribution >= 4 is 33.3 Å². The zero-order valence-corrected chi connectivity index (χ0v) is 19.9. The summed E-state index contributed by atoms with van der Waals surface area (Å²) in [5.74, 6) is 0.977. The van der Waals surface area contributed by atoms with Gasteiger partial charge in [0.1, 0.15) is 4.83 Å². The van der Waals surface area contributed by atoms with Gasteiger partial charge in [-0.1, -0.05) is 50.1 Å². The number of ether oxygens (including phenoxy) is 1. The lowest BCUT2D eigenvalue weighted by molar-refractivity contribution is -0.0379. The Morgan fingerprint density at radius 1 is 1.27 bits per heavy atom. The highest BCUT2D eigenvalue weighted by Crippen LogP contribution is 2.38. The van der Waals surface area contributed by atoms with Gasteiger partial charge in [-0.25, -0.2) is 4.98 Å². The Bertz CT molecular complexity index is 1110. The summed E-state index contributed by atoms with van der Waals surface area (Å²) in [6, 6.07) is 8.15. The van der Waals surface area contributed by atoms with Gasteiger partial charge in [0.2, 0.25) is 0 Å². The standard InChI is InChI=1S/C24H30N2O2S2/c1-5-6-7-8-12-29-23-25-21-20(18-14-24(3,4)28-15-19(18)30-21)22(27)26(23)17-11-9-10-16(2)13-17/h9-11,13H,5-8,12,14-15H2,1-4H3. The predicted octanol–water partition coefficient (Wildman–Crippen LogP) is 6.28. The van der Waals surface area contributed by atoms with Crippen molar-refractivity contribution in [1.29, 1.82) is 0 Å². The molecular formula is C24H30N2O2S2. The molecule has 3 aromatic rings. The minimum Gasteiger partial charge on any atom is -0.370 e. The van der Waals surface area contributed by atoms with Gasteiger partial charge in [-0.3, -0.25) is 9.36 Å². The van der Waals surface area contributed by atoms with Crippen LogP contribution in [0.4, 0.5) is 0 Å². The second-order valence-corrected chi connectivity index (χ2v) is 10.8. The van der Waals surface area contributed by atoms with Gasteiger partial charge in [0, 0.05) is 17.1 Å². The SMILES string of the molecule is CCCCCCSc1nc2sc3c(c2c(=O)n1-c1cccc(C)c1)CC(C)(C)OC3. The number of fused-ring (bicyclic) bond motifs is 3. The molecule has 0 unspecified atom stereocenters. The van der Waals surface area contributed by atoms with E-state index >= 15 is 0 Å². The first kappa shape index (κ1) is 21.6. The molecule has 0 saturated carbocycles. The summed E-state index contributed by atoms with van der Waals surface area (Å²) < 4.78 is 7.82. The molecule has 1 aliphatic rings. The van der Waals surface area contributed by atoms with Gasteiger partial charge in [0.15, 0.2) is 5.16 Å². The van der Waals surface area contributed by atoms with E-state index in [1.54, 1.807) is 23.1 Å². The lowest BCUT2D eigenvalue weighted by Crippen LogP contribution is -2.32. The largest absolute Gasteiger partial charge is 0.370 e. The maximum Gasteiger partial charge on any atom is 0.267 e. The van der Waals surface area contributed by atoms with E-state index in [0.717, 1.165) is 55.7 Å². The van der Waals surface area contributed by atoms with E-state index in [1.165, 1.54) is 19.3 Å². The molecule has 4 nitrogen and oxygen atoms in total. The molecule has 160 valence electrons. The quantitative estimate of drug-likeness (QED) is 0.245. The summed E-state index contributed by atoms with van der Waals surface area (Å²) >= 11 is 3.32. The number of aromatic nitrogens is 2. The first-order chi connectivity index (χ1) is 14.4. The fraction of sp³-hybridized carbons (Fsp3) is 0.500. The van der Waals surface area contributed by atoms with E-state index in [0.29, 0.717) is 6.61 Å². The molecule has 30 heavy (non-hydrogen) atoms. The average molecular weight is 443 g/mol. The molecule has 4 rings (SSSR count). The normalized spacial score (nSPS) is 15.5. The minimum atomic E-state index is -0.256. The number of hydrogen-bond donors (Lipinski definition) is 0. The van der Waals surface area contributed by atoms with Crippen molar-refractivity contribution < 1.29 is 4.74 Å². The van der Waals surface area contributed by atoms with E-state index in [-0.39, 0.29) is 11.2 Å². The number of hydrogen-bond acceptors (Lipinski definition) is 5. The van der Waals surface area contributed by atoms with Crippen molar-refractivity contribution in [2.45, 2.75) is 77.2 Å². The average Bonchev–Trinajstić information content (AvgIpc) is 3.04. The van der Waals surface area contributed by atoms with Crippen LogP contribution in [-0.2, 0) is 17.8 Å². The lowest BCUT2D eigenvalue weighted by atomic mass is 9.94. The third-order valence-electron chi connectivity index (χ3n) is 5.56. The van der Waals surface area contributed by atoms with Crippen LogP contribution in [0.3, 0.4) is 0 Å². The predicted molar refractivity (Wildman–Crippen MR) is 127 cm³/mol. The van der Waals surface area contributed by atoms with Crippen molar-refractivity contribution in [3.05, 3.63) is 50.6 Å². The number of benzene rings is 1. The molecule has 0 bridgehead atoms. The first-order valence-corrected chi connectivity index (χ1v) is 12.6. The fourth-order valence-corrected chi connectivity index (χ4v) is 6.11. The smallest absolute Gasteiger partial charge is 0.267 e. The monoisotopic (exact) mass is 442 g/mol. The second-order valence-electron chi connectivity index (χ2n) is 8.69. The molecular weight excluding hydrogens is 412 g/mol. The Kier molecular flexibility index (Phi) is 6.37. The van der Waals surface area contributed by atoms with Crippen LogP contribution in [0, 0.1) is 6.92 Å². The van der Waals surface area contributed by atoms with Crippen LogP contribution >= 0.6 is 23.1 Å². The second kappa shape index (κ2) is 8.85. The summed E-state index contributed by atoms with van der Waals surface area (Å²) in [5, 5.41) is 1.58. The van der Waals surface area contributed by atoms with E-state index in [9.17, 15) is 4.79 Å². The number of thioether (sulfide) groups is 1. The van der Waals surface area contributed by atoms with Gasteiger partial charge in [-0.15, -0.1) is 11.3 Å². The number of rotatable bonds is 7. The van der Waals surface area contributed by atoms with Crippen molar-refractivity contribution in [1.82, 2.24) is 9.55 Å². The van der Waals surface area contributed by atoms with Gasteiger partial charge in [0.25, 0.3) is 5.56 Å². The Labute approximate surface area is 186 Å². The summed E-state index contributed by atoms with van der Waals surface area (Å²) in [6.45, 7) is 9.03. The summed E-state index contributed by atoms with van der Waals surface area (Å²) in [4.78, 5) is 20.8. The molecule has 0 aliphatic carbocycles. The Balaban J connectivity index is 1.83. The van der Waals surface area contributed by atoms with Crippen molar-refractivity contribution in [2.75, 3.05) is 5.75 Å². The van der Waals surface area contributed by atoms with Crippen LogP contribution in [0.1, 0.15) is 62.5 Å². The van der Waals surface area contributed by atoms with E-state index in [1.807, 2.05) is 16.7 Å². The van der Waals surface area contributed by atoms with Crippen LogP contribution in [0.2, 0.25) is 0 Å². The first-order valence-electron chi connectivity index (χ1n) is 10.8. The number of unbranched alkanes of at least 4 members (excludes halogenated alkanes) is 3.